The molecule has 0 heterocycles. The van der Waals surface area contributed by atoms with Crippen LogP contribution in [0, 0.1) is 5.92 Å². The van der Waals surface area contributed by atoms with E-state index in [4.69, 9.17) is 4.74 Å². The first kappa shape index (κ1) is 15.9. The minimum atomic E-state index is -1.18. The highest BCUT2D eigenvalue weighted by Gasteiger charge is 2.23. The second-order valence-corrected chi connectivity index (χ2v) is 5.28. The molecular formula is C14H17BrO4. The molecule has 0 aliphatic rings. The summed E-state index contributed by atoms with van der Waals surface area (Å²) in [5.74, 6) is -1.23. The van der Waals surface area contributed by atoms with Crippen LogP contribution in [-0.4, -0.2) is 29.6 Å². The van der Waals surface area contributed by atoms with Gasteiger partial charge < -0.3 is 9.84 Å². The molecule has 0 radical (unpaired) electrons. The average molecular weight is 329 g/mol. The minimum Gasteiger partial charge on any atom is -0.455 e. The number of aliphatic hydroxyl groups is 1. The quantitative estimate of drug-likeness (QED) is 0.644. The molecule has 5 heteroatoms. The van der Waals surface area contributed by atoms with E-state index in [2.05, 4.69) is 15.9 Å². The van der Waals surface area contributed by atoms with Gasteiger partial charge in [0.25, 0.3) is 0 Å². The molecule has 1 rings (SSSR count). The summed E-state index contributed by atoms with van der Waals surface area (Å²) in [4.78, 5) is 23.2. The molecule has 19 heavy (non-hydrogen) atoms. The number of Topliss-reactive ketones (excluding diaryl/α,β-unsaturated/α-hetero) is 1. The highest BCUT2D eigenvalue weighted by atomic mass is 79.9. The number of hydrogen-bond acceptors (Lipinski definition) is 4. The van der Waals surface area contributed by atoms with E-state index in [1.807, 2.05) is 6.92 Å². The summed E-state index contributed by atoms with van der Waals surface area (Å²) in [6.45, 7) is 3.27. The number of benzene rings is 1. The SMILES string of the molecule is CCC(C)C(O)C(=O)OCC(=O)c1ccc(Br)cc1. The molecule has 2 unspecified atom stereocenters. The van der Waals surface area contributed by atoms with Crippen molar-refractivity contribution < 1.29 is 19.4 Å². The Morgan fingerprint density at radius 3 is 2.42 bits per heavy atom. The summed E-state index contributed by atoms with van der Waals surface area (Å²) in [5.41, 5.74) is 0.467. The van der Waals surface area contributed by atoms with Crippen LogP contribution in [0.3, 0.4) is 0 Å². The van der Waals surface area contributed by atoms with Gasteiger partial charge in [0.1, 0.15) is 0 Å². The van der Waals surface area contributed by atoms with Gasteiger partial charge in [0.05, 0.1) is 0 Å². The maximum atomic E-state index is 11.7. The summed E-state index contributed by atoms with van der Waals surface area (Å²) >= 11 is 3.27. The van der Waals surface area contributed by atoms with Crippen molar-refractivity contribution in [2.75, 3.05) is 6.61 Å². The number of rotatable bonds is 6. The van der Waals surface area contributed by atoms with Crippen LogP contribution in [-0.2, 0) is 9.53 Å². The van der Waals surface area contributed by atoms with Gasteiger partial charge in [0.2, 0.25) is 0 Å². The van der Waals surface area contributed by atoms with Crippen LogP contribution in [0.4, 0.5) is 0 Å². The van der Waals surface area contributed by atoms with Crippen molar-refractivity contribution in [2.45, 2.75) is 26.4 Å². The molecule has 0 saturated carbocycles. The fourth-order valence-corrected chi connectivity index (χ4v) is 1.66. The third kappa shape index (κ3) is 4.76. The topological polar surface area (TPSA) is 63.6 Å². The Bertz CT molecular complexity index is 441. The molecule has 4 nitrogen and oxygen atoms in total. The van der Waals surface area contributed by atoms with Crippen molar-refractivity contribution in [3.8, 4) is 0 Å². The van der Waals surface area contributed by atoms with Gasteiger partial charge in [-0.1, -0.05) is 48.3 Å². The maximum absolute atomic E-state index is 11.7. The predicted molar refractivity (Wildman–Crippen MR) is 74.9 cm³/mol. The Balaban J connectivity index is 2.50. The fourth-order valence-electron chi connectivity index (χ4n) is 1.40. The Morgan fingerprint density at radius 1 is 1.32 bits per heavy atom. The van der Waals surface area contributed by atoms with Crippen LogP contribution in [0.2, 0.25) is 0 Å². The second-order valence-electron chi connectivity index (χ2n) is 4.37. The van der Waals surface area contributed by atoms with Crippen molar-refractivity contribution >= 4 is 27.7 Å². The van der Waals surface area contributed by atoms with Crippen LogP contribution >= 0.6 is 15.9 Å². The van der Waals surface area contributed by atoms with Crippen LogP contribution in [0.5, 0.6) is 0 Å². The molecular weight excluding hydrogens is 312 g/mol. The van der Waals surface area contributed by atoms with Gasteiger partial charge in [-0.05, 0) is 18.1 Å². The van der Waals surface area contributed by atoms with Gasteiger partial charge in [0, 0.05) is 10.0 Å². The van der Waals surface area contributed by atoms with Gasteiger partial charge in [-0.3, -0.25) is 4.79 Å². The summed E-state index contributed by atoms with van der Waals surface area (Å²) in [7, 11) is 0. The smallest absolute Gasteiger partial charge is 0.335 e. The van der Waals surface area contributed by atoms with Crippen molar-refractivity contribution in [3.05, 3.63) is 34.3 Å². The van der Waals surface area contributed by atoms with Crippen molar-refractivity contribution in [1.82, 2.24) is 0 Å². The van der Waals surface area contributed by atoms with Crippen LogP contribution < -0.4 is 0 Å². The number of ether oxygens (including phenoxy) is 1. The maximum Gasteiger partial charge on any atom is 0.335 e. The van der Waals surface area contributed by atoms with E-state index in [1.54, 1.807) is 31.2 Å². The summed E-state index contributed by atoms with van der Waals surface area (Å²) in [5, 5.41) is 9.61. The molecule has 0 aliphatic heterocycles. The van der Waals surface area contributed by atoms with Crippen LogP contribution in [0.1, 0.15) is 30.6 Å². The molecule has 1 aromatic rings. The zero-order valence-electron chi connectivity index (χ0n) is 10.9. The van der Waals surface area contributed by atoms with Crippen LogP contribution in [0.15, 0.2) is 28.7 Å². The lowest BCUT2D eigenvalue weighted by atomic mass is 10.0. The number of carbonyl (C=O) groups is 2. The van der Waals surface area contributed by atoms with Gasteiger partial charge in [-0.15, -0.1) is 0 Å². The molecule has 0 bridgehead atoms. The number of ketones is 1. The van der Waals surface area contributed by atoms with Gasteiger partial charge in [-0.2, -0.15) is 0 Å². The van der Waals surface area contributed by atoms with Crippen LogP contribution in [0.25, 0.3) is 0 Å². The summed E-state index contributed by atoms with van der Waals surface area (Å²) in [6.07, 6.45) is -0.514. The lowest BCUT2D eigenvalue weighted by Gasteiger charge is -2.15. The summed E-state index contributed by atoms with van der Waals surface area (Å²) in [6, 6.07) is 6.77. The lowest BCUT2D eigenvalue weighted by Crippen LogP contribution is -2.30. The zero-order valence-corrected chi connectivity index (χ0v) is 12.5. The number of halogens is 1. The number of hydrogen-bond donors (Lipinski definition) is 1. The normalized spacial score (nSPS) is 13.7. The van der Waals surface area contributed by atoms with E-state index >= 15 is 0 Å². The fraction of sp³-hybridized carbons (Fsp3) is 0.429. The number of aliphatic hydroxyl groups excluding tert-OH is 1. The molecule has 0 fully saturated rings. The monoisotopic (exact) mass is 328 g/mol. The van der Waals surface area contributed by atoms with Crippen molar-refractivity contribution in [2.24, 2.45) is 5.92 Å². The molecule has 104 valence electrons. The first-order valence-electron chi connectivity index (χ1n) is 6.09. The Kier molecular flexibility index (Phi) is 6.18. The van der Waals surface area contributed by atoms with E-state index in [1.165, 1.54) is 0 Å². The van der Waals surface area contributed by atoms with E-state index < -0.39 is 12.1 Å². The predicted octanol–water partition coefficient (Wildman–Crippen LogP) is 2.58. The average Bonchev–Trinajstić information content (AvgIpc) is 2.43. The van der Waals surface area contributed by atoms with Gasteiger partial charge in [0.15, 0.2) is 18.5 Å². The van der Waals surface area contributed by atoms with E-state index in [0.29, 0.717) is 12.0 Å². The van der Waals surface area contributed by atoms with E-state index in [9.17, 15) is 14.7 Å². The number of carbonyl (C=O) groups excluding carboxylic acids is 2. The summed E-state index contributed by atoms with van der Waals surface area (Å²) < 4.78 is 5.69. The molecule has 1 aromatic carbocycles. The van der Waals surface area contributed by atoms with Gasteiger partial charge in [-0.25, -0.2) is 4.79 Å². The zero-order chi connectivity index (χ0) is 14.4. The molecule has 0 spiro atoms. The Labute approximate surface area is 120 Å². The van der Waals surface area contributed by atoms with E-state index in [0.717, 1.165) is 4.47 Å². The standard InChI is InChI=1S/C14H17BrO4/c1-3-9(2)13(17)14(18)19-8-12(16)10-4-6-11(15)7-5-10/h4-7,9,13,17H,3,8H2,1-2H3. The molecule has 0 amide bonds. The highest BCUT2D eigenvalue weighted by molar-refractivity contribution is 9.10. The van der Waals surface area contributed by atoms with E-state index in [-0.39, 0.29) is 18.3 Å². The Hall–Kier alpha value is -1.20. The molecule has 0 aliphatic carbocycles. The second kappa shape index (κ2) is 7.40. The van der Waals surface area contributed by atoms with Crippen molar-refractivity contribution in [3.63, 3.8) is 0 Å². The highest BCUT2D eigenvalue weighted by Crippen LogP contribution is 2.12. The van der Waals surface area contributed by atoms with Crippen molar-refractivity contribution in [1.29, 1.82) is 0 Å². The first-order chi connectivity index (χ1) is 8.95. The number of esters is 1. The third-order valence-corrected chi connectivity index (χ3v) is 3.46. The molecule has 0 aromatic heterocycles. The third-order valence-electron chi connectivity index (χ3n) is 2.94. The first-order valence-corrected chi connectivity index (χ1v) is 6.88. The molecule has 0 saturated heterocycles. The lowest BCUT2D eigenvalue weighted by molar-refractivity contribution is -0.155. The van der Waals surface area contributed by atoms with Gasteiger partial charge >= 0.3 is 5.97 Å². The minimum absolute atomic E-state index is 0.185. The Morgan fingerprint density at radius 2 is 1.89 bits per heavy atom. The molecule has 1 N–H and O–H groups in total. The molecule has 2 atom stereocenters. The largest absolute Gasteiger partial charge is 0.455 e.